The monoisotopic (exact) mass is 521 g/mol. The zero-order chi connectivity index (χ0) is 27.7. The van der Waals surface area contributed by atoms with Crippen molar-refractivity contribution in [3.63, 3.8) is 0 Å². The van der Waals surface area contributed by atoms with Gasteiger partial charge in [-0.2, -0.15) is 0 Å². The van der Waals surface area contributed by atoms with Crippen molar-refractivity contribution in [3.8, 4) is 0 Å². The van der Waals surface area contributed by atoms with Crippen molar-refractivity contribution in [1.29, 1.82) is 5.41 Å². The van der Waals surface area contributed by atoms with Crippen LogP contribution in [0.25, 0.3) is 0 Å². The molecule has 2 aromatic carbocycles. The van der Waals surface area contributed by atoms with Crippen LogP contribution in [-0.2, 0) is 26.3 Å². The first kappa shape index (κ1) is 28.7. The highest BCUT2D eigenvalue weighted by atomic mass is 16.5. The Balaban J connectivity index is 1.59. The van der Waals surface area contributed by atoms with Crippen molar-refractivity contribution < 1.29 is 19.1 Å². The van der Waals surface area contributed by atoms with E-state index in [-0.39, 0.29) is 29.7 Å². The van der Waals surface area contributed by atoms with E-state index >= 15 is 0 Å². The lowest BCUT2D eigenvalue weighted by molar-refractivity contribution is -0.132. The lowest BCUT2D eigenvalue weighted by Crippen LogP contribution is -2.50. The lowest BCUT2D eigenvalue weighted by atomic mass is 9.82. The first-order valence-corrected chi connectivity index (χ1v) is 13.1. The Kier molecular flexibility index (Phi) is 9.87. The summed E-state index contributed by atoms with van der Waals surface area (Å²) in [7, 11) is 1.26. The lowest BCUT2D eigenvalue weighted by Gasteiger charge is -2.29. The number of methoxy groups -OCH3 is 1. The van der Waals surface area contributed by atoms with Gasteiger partial charge in [-0.25, -0.2) is 4.79 Å². The molecular formula is C29H39N5O4. The van der Waals surface area contributed by atoms with Crippen LogP contribution in [0.3, 0.4) is 0 Å². The van der Waals surface area contributed by atoms with Gasteiger partial charge in [-0.05, 0) is 43.2 Å². The number of hydrogen-bond donors (Lipinski definition) is 4. The van der Waals surface area contributed by atoms with Crippen LogP contribution in [0.4, 0.5) is 4.79 Å². The van der Waals surface area contributed by atoms with Crippen LogP contribution in [0, 0.1) is 11.3 Å². The summed E-state index contributed by atoms with van der Waals surface area (Å²) in [5.41, 5.74) is 0.823. The van der Waals surface area contributed by atoms with Gasteiger partial charge in [0.15, 0.2) is 5.96 Å². The Hall–Kier alpha value is -3.88. The Bertz CT molecular complexity index is 1110. The molecule has 0 saturated carbocycles. The van der Waals surface area contributed by atoms with E-state index in [9.17, 15) is 14.4 Å². The summed E-state index contributed by atoms with van der Waals surface area (Å²) in [5, 5.41) is 17.3. The molecule has 1 aliphatic heterocycles. The number of alkyl carbamates (subject to hydrolysis) is 1. The molecule has 0 aromatic heterocycles. The maximum absolute atomic E-state index is 13.6. The molecule has 204 valence electrons. The Morgan fingerprint density at radius 2 is 1.66 bits per heavy atom. The van der Waals surface area contributed by atoms with Gasteiger partial charge in [-0.15, -0.1) is 0 Å². The number of carbonyl (C=O) groups is 3. The standard InChI is InChI=1S/C29H39N5O4/c1-20(2)19-29(23-15-9-6-10-16-23)26(36)34(27(30)33-29)17-11-12-21(3)31-25(35)24(32-28(37)38-4)18-22-13-7-5-8-14-22/h5-10,13-16,20-21,24H,11-12,17-19H2,1-4H3,(H2,30,33)(H,31,35)(H,32,37)/t21?,24-,29?/m0/s1. The van der Waals surface area contributed by atoms with Crippen LogP contribution >= 0.6 is 0 Å². The van der Waals surface area contributed by atoms with E-state index in [1.807, 2.05) is 67.6 Å². The van der Waals surface area contributed by atoms with Gasteiger partial charge in [0.1, 0.15) is 11.6 Å². The summed E-state index contributed by atoms with van der Waals surface area (Å²) in [6.07, 6.45) is 1.43. The summed E-state index contributed by atoms with van der Waals surface area (Å²) < 4.78 is 4.69. The number of nitrogens with one attached hydrogen (secondary N) is 4. The van der Waals surface area contributed by atoms with E-state index in [1.54, 1.807) is 0 Å². The van der Waals surface area contributed by atoms with Gasteiger partial charge < -0.3 is 20.7 Å². The van der Waals surface area contributed by atoms with Crippen molar-refractivity contribution in [2.75, 3.05) is 13.7 Å². The molecule has 0 aliphatic carbocycles. The molecule has 4 N–H and O–H groups in total. The summed E-state index contributed by atoms with van der Waals surface area (Å²) in [6.45, 7) is 6.39. The summed E-state index contributed by atoms with van der Waals surface area (Å²) in [4.78, 5) is 39.9. The largest absolute Gasteiger partial charge is 0.453 e. The fourth-order valence-electron chi connectivity index (χ4n) is 4.89. The first-order chi connectivity index (χ1) is 18.2. The molecule has 9 heteroatoms. The highest BCUT2D eigenvalue weighted by molar-refractivity contribution is 6.08. The van der Waals surface area contributed by atoms with Gasteiger partial charge in [0, 0.05) is 19.0 Å². The predicted molar refractivity (Wildman–Crippen MR) is 146 cm³/mol. The van der Waals surface area contributed by atoms with Crippen LogP contribution in [0.5, 0.6) is 0 Å². The van der Waals surface area contributed by atoms with E-state index in [0.717, 1.165) is 11.1 Å². The molecule has 3 amide bonds. The molecule has 3 atom stereocenters. The second-order valence-electron chi connectivity index (χ2n) is 10.2. The summed E-state index contributed by atoms with van der Waals surface area (Å²) in [6, 6.07) is 18.0. The normalized spacial score (nSPS) is 18.6. The van der Waals surface area contributed by atoms with Gasteiger partial charge in [-0.3, -0.25) is 19.9 Å². The maximum atomic E-state index is 13.6. The van der Waals surface area contributed by atoms with Gasteiger partial charge >= 0.3 is 6.09 Å². The number of carbonyl (C=O) groups excluding carboxylic acids is 3. The Morgan fingerprint density at radius 3 is 2.26 bits per heavy atom. The number of benzene rings is 2. The molecule has 1 aliphatic rings. The van der Waals surface area contributed by atoms with Crippen LogP contribution < -0.4 is 16.0 Å². The minimum Gasteiger partial charge on any atom is -0.453 e. The highest BCUT2D eigenvalue weighted by Crippen LogP contribution is 2.35. The van der Waals surface area contributed by atoms with Crippen LogP contribution in [0.2, 0.25) is 0 Å². The van der Waals surface area contributed by atoms with Crippen LogP contribution in [-0.4, -0.2) is 54.5 Å². The van der Waals surface area contributed by atoms with E-state index < -0.39 is 17.7 Å². The van der Waals surface area contributed by atoms with Crippen molar-refractivity contribution >= 4 is 23.9 Å². The molecular weight excluding hydrogens is 482 g/mol. The fraction of sp³-hybridized carbons (Fsp3) is 0.448. The zero-order valence-corrected chi connectivity index (χ0v) is 22.6. The van der Waals surface area contributed by atoms with E-state index in [2.05, 4.69) is 29.8 Å². The molecule has 38 heavy (non-hydrogen) atoms. The highest BCUT2D eigenvalue weighted by Gasteiger charge is 2.50. The van der Waals surface area contributed by atoms with E-state index in [0.29, 0.717) is 32.2 Å². The van der Waals surface area contributed by atoms with Crippen molar-refractivity contribution in [2.45, 2.75) is 64.1 Å². The fourth-order valence-corrected chi connectivity index (χ4v) is 4.89. The minimum atomic E-state index is -0.948. The molecule has 2 aromatic rings. The number of ether oxygens (including phenoxy) is 1. The molecule has 0 radical (unpaired) electrons. The number of rotatable bonds is 12. The third kappa shape index (κ3) is 7.12. The van der Waals surface area contributed by atoms with Crippen LogP contribution in [0.15, 0.2) is 60.7 Å². The molecule has 2 unspecified atom stereocenters. The van der Waals surface area contributed by atoms with Crippen molar-refractivity contribution in [3.05, 3.63) is 71.8 Å². The molecule has 1 heterocycles. The maximum Gasteiger partial charge on any atom is 0.407 e. The number of hydrogen-bond acceptors (Lipinski definition) is 5. The molecule has 1 saturated heterocycles. The third-order valence-electron chi connectivity index (χ3n) is 6.68. The average Bonchev–Trinajstić information content (AvgIpc) is 3.13. The second kappa shape index (κ2) is 13.1. The molecule has 1 fully saturated rings. The molecule has 0 bridgehead atoms. The molecule has 0 spiro atoms. The average molecular weight is 522 g/mol. The predicted octanol–water partition coefficient (Wildman–Crippen LogP) is 3.55. The topological polar surface area (TPSA) is 124 Å². The van der Waals surface area contributed by atoms with E-state index in [1.165, 1.54) is 12.0 Å². The van der Waals surface area contributed by atoms with Crippen LogP contribution in [0.1, 0.15) is 51.2 Å². The summed E-state index contributed by atoms with van der Waals surface area (Å²) in [5.74, 6) is -0.0822. The van der Waals surface area contributed by atoms with Gasteiger partial charge in [0.25, 0.3) is 5.91 Å². The van der Waals surface area contributed by atoms with Crippen molar-refractivity contribution in [1.82, 2.24) is 20.9 Å². The van der Waals surface area contributed by atoms with Crippen molar-refractivity contribution in [2.24, 2.45) is 5.92 Å². The number of amides is 3. The first-order valence-electron chi connectivity index (χ1n) is 13.1. The number of guanidine groups is 1. The second-order valence-corrected chi connectivity index (χ2v) is 10.2. The Labute approximate surface area is 224 Å². The Morgan fingerprint density at radius 1 is 1.03 bits per heavy atom. The summed E-state index contributed by atoms with van der Waals surface area (Å²) >= 11 is 0. The zero-order valence-electron chi connectivity index (χ0n) is 22.6. The van der Waals surface area contributed by atoms with Gasteiger partial charge in [0.2, 0.25) is 5.91 Å². The van der Waals surface area contributed by atoms with Gasteiger partial charge in [-0.1, -0.05) is 74.5 Å². The molecule has 3 rings (SSSR count). The third-order valence-corrected chi connectivity index (χ3v) is 6.68. The number of nitrogens with zero attached hydrogens (tertiary/aromatic N) is 1. The SMILES string of the molecule is COC(=O)N[C@@H](Cc1ccccc1)C(=O)NC(C)CCCN1C(=N)NC(CC(C)C)(c2ccccc2)C1=O. The van der Waals surface area contributed by atoms with Gasteiger partial charge in [0.05, 0.1) is 7.11 Å². The quantitative estimate of drug-likeness (QED) is 0.340. The molecule has 9 nitrogen and oxygen atoms in total. The minimum absolute atomic E-state index is 0.0985. The smallest absolute Gasteiger partial charge is 0.407 e. The van der Waals surface area contributed by atoms with E-state index in [4.69, 9.17) is 10.1 Å².